The van der Waals surface area contributed by atoms with Crippen LogP contribution in [0.5, 0.6) is 0 Å². The summed E-state index contributed by atoms with van der Waals surface area (Å²) >= 11 is 0. The number of aryl methyl sites for hydroxylation is 2. The van der Waals surface area contributed by atoms with Crippen LogP contribution < -0.4 is 0 Å². The van der Waals surface area contributed by atoms with Gasteiger partial charge in [0.2, 0.25) is 0 Å². The molecule has 2 aromatic rings. The summed E-state index contributed by atoms with van der Waals surface area (Å²) in [6.07, 6.45) is 0.510. The van der Waals surface area contributed by atoms with Crippen LogP contribution in [0.3, 0.4) is 0 Å². The number of aliphatic hydroxyl groups excluding tert-OH is 1. The van der Waals surface area contributed by atoms with Crippen molar-refractivity contribution in [2.45, 2.75) is 40.2 Å². The van der Waals surface area contributed by atoms with Gasteiger partial charge in [-0.1, -0.05) is 61.9 Å². The van der Waals surface area contributed by atoms with Crippen LogP contribution in [0.1, 0.15) is 47.8 Å². The monoisotopic (exact) mass is 268 g/mol. The Bertz CT molecular complexity index is 584. The molecule has 0 aromatic heterocycles. The van der Waals surface area contributed by atoms with Gasteiger partial charge in [-0.05, 0) is 48.4 Å². The summed E-state index contributed by atoms with van der Waals surface area (Å²) in [7, 11) is 0. The fraction of sp³-hybridized carbons (Fsp3) is 0.368. The number of hydrogen-bond donors (Lipinski definition) is 1. The first kappa shape index (κ1) is 14.8. The second-order valence-electron chi connectivity index (χ2n) is 6.11. The molecule has 1 N–H and O–H groups in total. The molecule has 0 heterocycles. The third kappa shape index (κ3) is 3.49. The van der Waals surface area contributed by atoms with Gasteiger partial charge in [0.15, 0.2) is 0 Å². The first-order valence-electron chi connectivity index (χ1n) is 7.31. The average Bonchev–Trinajstić information content (AvgIpc) is 2.37. The summed E-state index contributed by atoms with van der Waals surface area (Å²) in [5.74, 6) is 0.628. The molecule has 20 heavy (non-hydrogen) atoms. The average molecular weight is 268 g/mol. The van der Waals surface area contributed by atoms with Crippen molar-refractivity contribution < 1.29 is 5.11 Å². The molecule has 0 saturated heterocycles. The second kappa shape index (κ2) is 6.23. The lowest BCUT2D eigenvalue weighted by molar-refractivity contribution is 0.219. The van der Waals surface area contributed by atoms with Crippen molar-refractivity contribution in [1.82, 2.24) is 0 Å². The maximum atomic E-state index is 10.6. The summed E-state index contributed by atoms with van der Waals surface area (Å²) in [5.41, 5.74) is 5.65. The highest BCUT2D eigenvalue weighted by Crippen LogP contribution is 2.26. The molecule has 0 aliphatic heterocycles. The lowest BCUT2D eigenvalue weighted by Gasteiger charge is -2.16. The van der Waals surface area contributed by atoms with E-state index in [0.29, 0.717) is 5.92 Å². The molecule has 0 amide bonds. The fourth-order valence-electron chi connectivity index (χ4n) is 2.67. The van der Waals surface area contributed by atoms with E-state index in [9.17, 15) is 5.11 Å². The minimum atomic E-state index is -0.539. The Labute approximate surface area is 122 Å². The third-order valence-electron chi connectivity index (χ3n) is 3.63. The number of rotatable bonds is 4. The van der Waals surface area contributed by atoms with Gasteiger partial charge in [0.25, 0.3) is 0 Å². The Hall–Kier alpha value is -1.60. The van der Waals surface area contributed by atoms with Gasteiger partial charge in [-0.25, -0.2) is 0 Å². The minimum Gasteiger partial charge on any atom is -0.384 e. The maximum Gasteiger partial charge on any atom is 0.104 e. The number of benzene rings is 2. The Morgan fingerprint density at radius 1 is 1.00 bits per heavy atom. The van der Waals surface area contributed by atoms with E-state index in [-0.39, 0.29) is 0 Å². The number of aliphatic hydroxyl groups is 1. The van der Waals surface area contributed by atoms with Crippen LogP contribution in [-0.2, 0) is 6.42 Å². The van der Waals surface area contributed by atoms with Crippen LogP contribution in [-0.4, -0.2) is 5.11 Å². The van der Waals surface area contributed by atoms with Crippen molar-refractivity contribution in [3.8, 4) is 0 Å². The zero-order valence-corrected chi connectivity index (χ0v) is 12.9. The van der Waals surface area contributed by atoms with Gasteiger partial charge in [0.1, 0.15) is 6.10 Å². The molecule has 0 fully saturated rings. The van der Waals surface area contributed by atoms with Crippen molar-refractivity contribution in [2.75, 3.05) is 0 Å². The zero-order valence-electron chi connectivity index (χ0n) is 12.9. The first-order chi connectivity index (χ1) is 9.47. The summed E-state index contributed by atoms with van der Waals surface area (Å²) in [4.78, 5) is 0. The topological polar surface area (TPSA) is 20.2 Å². The highest BCUT2D eigenvalue weighted by molar-refractivity contribution is 5.38. The molecule has 1 nitrogen and oxygen atoms in total. The molecule has 2 rings (SSSR count). The summed E-state index contributed by atoms with van der Waals surface area (Å²) in [6, 6.07) is 14.5. The van der Waals surface area contributed by atoms with Gasteiger partial charge in [0, 0.05) is 0 Å². The lowest BCUT2D eigenvalue weighted by atomic mass is 9.93. The molecule has 0 aliphatic rings. The van der Waals surface area contributed by atoms with Crippen molar-refractivity contribution >= 4 is 0 Å². The summed E-state index contributed by atoms with van der Waals surface area (Å²) in [5, 5.41) is 10.6. The molecule has 0 aliphatic carbocycles. The first-order valence-corrected chi connectivity index (χ1v) is 7.31. The van der Waals surface area contributed by atoms with Gasteiger partial charge in [0.05, 0.1) is 0 Å². The molecule has 0 saturated carbocycles. The van der Waals surface area contributed by atoms with Crippen LogP contribution >= 0.6 is 0 Å². The summed E-state index contributed by atoms with van der Waals surface area (Å²) < 4.78 is 0. The van der Waals surface area contributed by atoms with Crippen molar-refractivity contribution in [1.29, 1.82) is 0 Å². The van der Waals surface area contributed by atoms with E-state index in [1.54, 1.807) is 0 Å². The van der Waals surface area contributed by atoms with Gasteiger partial charge in [-0.2, -0.15) is 0 Å². The standard InChI is InChI=1S/C19H24O/c1-13(2)10-16-6-5-7-17(12-16)19(20)18-9-8-14(3)11-15(18)4/h5-9,11-13,19-20H,10H2,1-4H3. The van der Waals surface area contributed by atoms with Crippen LogP contribution in [0.15, 0.2) is 42.5 Å². The van der Waals surface area contributed by atoms with Crippen molar-refractivity contribution in [2.24, 2.45) is 5.92 Å². The molecular weight excluding hydrogens is 244 g/mol. The highest BCUT2D eigenvalue weighted by Gasteiger charge is 2.13. The Kier molecular flexibility index (Phi) is 4.61. The Morgan fingerprint density at radius 3 is 2.40 bits per heavy atom. The van der Waals surface area contributed by atoms with E-state index in [1.165, 1.54) is 11.1 Å². The lowest BCUT2D eigenvalue weighted by Crippen LogP contribution is -2.03. The van der Waals surface area contributed by atoms with Crippen LogP contribution in [0.2, 0.25) is 0 Å². The predicted octanol–water partition coefficient (Wildman–Crippen LogP) is 4.58. The molecule has 2 aromatic carbocycles. The normalized spacial score (nSPS) is 12.7. The molecular formula is C19H24O. The predicted molar refractivity (Wildman–Crippen MR) is 85.0 cm³/mol. The van der Waals surface area contributed by atoms with E-state index >= 15 is 0 Å². The van der Waals surface area contributed by atoms with Crippen LogP contribution in [0.4, 0.5) is 0 Å². The molecule has 1 heteroatoms. The van der Waals surface area contributed by atoms with E-state index in [1.807, 2.05) is 18.2 Å². The van der Waals surface area contributed by atoms with Crippen LogP contribution in [0.25, 0.3) is 0 Å². The minimum absolute atomic E-state index is 0.539. The highest BCUT2D eigenvalue weighted by atomic mass is 16.3. The smallest absolute Gasteiger partial charge is 0.104 e. The summed E-state index contributed by atoms with van der Waals surface area (Å²) in [6.45, 7) is 8.57. The van der Waals surface area contributed by atoms with E-state index < -0.39 is 6.10 Å². The third-order valence-corrected chi connectivity index (χ3v) is 3.63. The molecule has 0 spiro atoms. The van der Waals surface area contributed by atoms with Crippen molar-refractivity contribution in [3.63, 3.8) is 0 Å². The van der Waals surface area contributed by atoms with Gasteiger partial charge in [-0.3, -0.25) is 0 Å². The van der Waals surface area contributed by atoms with E-state index in [0.717, 1.165) is 23.1 Å². The largest absolute Gasteiger partial charge is 0.384 e. The number of hydrogen-bond acceptors (Lipinski definition) is 1. The zero-order chi connectivity index (χ0) is 14.7. The van der Waals surface area contributed by atoms with Gasteiger partial charge >= 0.3 is 0 Å². The van der Waals surface area contributed by atoms with E-state index in [4.69, 9.17) is 0 Å². The fourth-order valence-corrected chi connectivity index (χ4v) is 2.67. The second-order valence-corrected chi connectivity index (χ2v) is 6.11. The Morgan fingerprint density at radius 2 is 1.75 bits per heavy atom. The van der Waals surface area contributed by atoms with Gasteiger partial charge < -0.3 is 5.11 Å². The van der Waals surface area contributed by atoms with Crippen LogP contribution in [0, 0.1) is 19.8 Å². The molecule has 1 atom stereocenters. The Balaban J connectivity index is 2.30. The quantitative estimate of drug-likeness (QED) is 0.860. The molecule has 106 valence electrons. The van der Waals surface area contributed by atoms with E-state index in [2.05, 4.69) is 52.0 Å². The molecule has 0 bridgehead atoms. The van der Waals surface area contributed by atoms with Gasteiger partial charge in [-0.15, -0.1) is 0 Å². The van der Waals surface area contributed by atoms with Crippen molar-refractivity contribution in [3.05, 3.63) is 70.3 Å². The molecule has 1 unspecified atom stereocenters. The SMILES string of the molecule is Cc1ccc(C(O)c2cccc(CC(C)C)c2)c(C)c1. The maximum absolute atomic E-state index is 10.6. The molecule has 0 radical (unpaired) electrons.